The van der Waals surface area contributed by atoms with Crippen LogP contribution in [0.2, 0.25) is 0 Å². The fraction of sp³-hybridized carbons (Fsp3) is 0.517. The maximum absolute atomic E-state index is 14.3. The molecule has 1 aromatic heterocycles. The summed E-state index contributed by atoms with van der Waals surface area (Å²) in [5.41, 5.74) is 5.53. The van der Waals surface area contributed by atoms with Gasteiger partial charge in [0.1, 0.15) is 5.82 Å². The fourth-order valence-corrected chi connectivity index (χ4v) is 4.23. The average molecular weight is 537 g/mol. The van der Waals surface area contributed by atoms with E-state index in [4.69, 9.17) is 0 Å². The van der Waals surface area contributed by atoms with Crippen molar-refractivity contribution in [1.29, 1.82) is 0 Å². The van der Waals surface area contributed by atoms with Crippen LogP contribution in [0.5, 0.6) is 0 Å². The summed E-state index contributed by atoms with van der Waals surface area (Å²) in [7, 11) is 1.31. The number of nitrogens with zero attached hydrogens (tertiary/aromatic N) is 1. The van der Waals surface area contributed by atoms with Gasteiger partial charge in [-0.05, 0) is 75.3 Å². The van der Waals surface area contributed by atoms with E-state index in [0.717, 1.165) is 53.4 Å². The zero-order valence-electron chi connectivity index (χ0n) is 22.5. The van der Waals surface area contributed by atoms with Crippen molar-refractivity contribution < 1.29 is 13.9 Å². The Morgan fingerprint density at radius 1 is 1.15 bits per heavy atom. The Morgan fingerprint density at radius 3 is 2.18 bits per heavy atom. The van der Waals surface area contributed by atoms with E-state index >= 15 is 0 Å². The van der Waals surface area contributed by atoms with Crippen LogP contribution in [0.4, 0.5) is 4.39 Å². The molecule has 0 saturated carbocycles. The highest BCUT2D eigenvalue weighted by Gasteiger charge is 2.19. The number of hydrogen-bond donors (Lipinski definition) is 0. The molecule has 0 atom stereocenters. The van der Waals surface area contributed by atoms with E-state index < -0.39 is 5.97 Å². The molecule has 0 saturated heterocycles. The molecule has 2 aromatic rings. The minimum absolute atomic E-state index is 0.238. The number of carbonyl (C=O) groups is 1. The maximum atomic E-state index is 14.3. The van der Waals surface area contributed by atoms with Crippen molar-refractivity contribution in [2.24, 2.45) is 0 Å². The van der Waals surface area contributed by atoms with Crippen LogP contribution in [0, 0.1) is 19.7 Å². The third-order valence-corrected chi connectivity index (χ3v) is 6.22. The third kappa shape index (κ3) is 10.1. The monoisotopic (exact) mass is 535 g/mol. The first-order chi connectivity index (χ1) is 16.2. The van der Waals surface area contributed by atoms with Gasteiger partial charge in [0.25, 0.3) is 0 Å². The van der Waals surface area contributed by atoms with Crippen LogP contribution in [0.15, 0.2) is 34.4 Å². The number of benzene rings is 1. The van der Waals surface area contributed by atoms with Crippen LogP contribution in [0.1, 0.15) is 112 Å². The van der Waals surface area contributed by atoms with Gasteiger partial charge in [-0.2, -0.15) is 0 Å². The van der Waals surface area contributed by atoms with Crippen molar-refractivity contribution in [3.8, 4) is 0 Å². The predicted octanol–water partition coefficient (Wildman–Crippen LogP) is 9.60. The molecule has 34 heavy (non-hydrogen) atoms. The fourth-order valence-electron chi connectivity index (χ4n) is 3.71. The van der Waals surface area contributed by atoms with Gasteiger partial charge in [0.2, 0.25) is 0 Å². The highest BCUT2D eigenvalue weighted by atomic mass is 79.9. The molecule has 0 fully saturated rings. The number of pyridine rings is 1. The molecule has 0 unspecified atom stereocenters. The molecule has 1 heterocycles. The highest BCUT2D eigenvalue weighted by molar-refractivity contribution is 9.10. The number of rotatable bonds is 8. The summed E-state index contributed by atoms with van der Waals surface area (Å²) in [4.78, 5) is 15.7. The number of hydrogen-bond acceptors (Lipinski definition) is 3. The molecule has 190 valence electrons. The average Bonchev–Trinajstić information content (AvgIpc) is 2.82. The van der Waals surface area contributed by atoms with Crippen molar-refractivity contribution in [3.63, 3.8) is 0 Å². The summed E-state index contributed by atoms with van der Waals surface area (Å²) in [5, 5.41) is 0. The zero-order valence-corrected chi connectivity index (χ0v) is 24.1. The summed E-state index contributed by atoms with van der Waals surface area (Å²) in [5.74, 6) is -0.537. The van der Waals surface area contributed by atoms with Crippen molar-refractivity contribution in [2.75, 3.05) is 7.11 Å². The zero-order chi connectivity index (χ0) is 26.3. The van der Waals surface area contributed by atoms with E-state index in [1.165, 1.54) is 24.3 Å². The molecule has 0 aliphatic carbocycles. The van der Waals surface area contributed by atoms with E-state index in [9.17, 15) is 9.18 Å². The van der Waals surface area contributed by atoms with Crippen molar-refractivity contribution in [1.82, 2.24) is 4.98 Å². The molecular formula is C29H43BrFNO2. The second-order valence-corrected chi connectivity index (χ2v) is 8.94. The summed E-state index contributed by atoms with van der Waals surface area (Å²) < 4.78 is 20.1. The summed E-state index contributed by atoms with van der Waals surface area (Å²) >= 11 is 3.52. The molecule has 0 N–H and O–H groups in total. The Morgan fingerprint density at radius 2 is 1.74 bits per heavy atom. The molecule has 0 spiro atoms. The molecule has 1 aromatic carbocycles. The van der Waals surface area contributed by atoms with Gasteiger partial charge >= 0.3 is 5.97 Å². The first-order valence-electron chi connectivity index (χ1n) is 12.4. The van der Waals surface area contributed by atoms with Crippen molar-refractivity contribution >= 4 is 28.0 Å². The molecule has 2 rings (SSSR count). The molecule has 0 bridgehead atoms. The molecule has 5 heteroatoms. The van der Waals surface area contributed by atoms with Gasteiger partial charge in [0.15, 0.2) is 0 Å². The van der Waals surface area contributed by atoms with Gasteiger partial charge in [0.05, 0.1) is 12.7 Å². The molecule has 0 aliphatic rings. The maximum Gasteiger partial charge on any atom is 0.337 e. The first-order valence-corrected chi connectivity index (χ1v) is 13.2. The topological polar surface area (TPSA) is 39.2 Å². The molecular weight excluding hydrogens is 493 g/mol. The smallest absolute Gasteiger partial charge is 0.337 e. The second-order valence-electron chi connectivity index (χ2n) is 8.09. The second kappa shape index (κ2) is 17.4. The lowest BCUT2D eigenvalue weighted by Crippen LogP contribution is -2.08. The van der Waals surface area contributed by atoms with E-state index in [-0.39, 0.29) is 17.3 Å². The van der Waals surface area contributed by atoms with E-state index in [0.29, 0.717) is 0 Å². The molecule has 0 aliphatic heterocycles. The van der Waals surface area contributed by atoms with Crippen LogP contribution in [0.25, 0.3) is 6.08 Å². The number of carbonyl (C=O) groups excluding carboxylic acids is 1. The highest BCUT2D eigenvalue weighted by Crippen LogP contribution is 2.32. The number of esters is 1. The SMILES string of the molecule is CC.CC/C(C)=C/c1c(Br)ccnc1C.CCCC(CCC)c1c(C)cc(C(=O)OC)cc1F. The van der Waals surface area contributed by atoms with Crippen LogP contribution in [-0.2, 0) is 4.74 Å². The Balaban J connectivity index is 0.000000633. The van der Waals surface area contributed by atoms with Gasteiger partial charge < -0.3 is 4.74 Å². The molecule has 3 nitrogen and oxygen atoms in total. The van der Waals surface area contributed by atoms with Crippen LogP contribution in [-0.4, -0.2) is 18.1 Å². The Kier molecular flexibility index (Phi) is 16.4. The van der Waals surface area contributed by atoms with Crippen molar-refractivity contribution in [2.45, 2.75) is 93.4 Å². The lowest BCUT2D eigenvalue weighted by atomic mass is 9.86. The number of methoxy groups -OCH3 is 1. The first kappa shape index (κ1) is 32.0. The molecule has 0 amide bonds. The van der Waals surface area contributed by atoms with Crippen LogP contribution < -0.4 is 0 Å². The number of ether oxygens (including phenoxy) is 1. The predicted molar refractivity (Wildman–Crippen MR) is 147 cm³/mol. The van der Waals surface area contributed by atoms with E-state index in [1.54, 1.807) is 6.07 Å². The number of aromatic nitrogens is 1. The Hall–Kier alpha value is -2.01. The summed E-state index contributed by atoms with van der Waals surface area (Å²) in [6.45, 7) is 16.4. The van der Waals surface area contributed by atoms with Crippen LogP contribution in [0.3, 0.4) is 0 Å². The standard InChI is InChI=1S/C16H23FO2.C11H14BrN.C2H6/c1-5-7-12(8-6-2)15-11(3)9-13(10-14(15)17)16(18)19-4;1-4-8(2)7-10-9(3)13-6-5-11(10)12;1-2/h9-10,12H,5-8H2,1-4H3;5-7H,4H2,1-3H3;1-2H3/b;8-7+;. The van der Waals surface area contributed by atoms with E-state index in [2.05, 4.69) is 59.4 Å². The normalized spacial score (nSPS) is 10.8. The summed E-state index contributed by atoms with van der Waals surface area (Å²) in [6.07, 6.45) is 9.10. The minimum Gasteiger partial charge on any atom is -0.465 e. The third-order valence-electron chi connectivity index (χ3n) is 5.52. The lowest BCUT2D eigenvalue weighted by molar-refractivity contribution is 0.0600. The van der Waals surface area contributed by atoms with E-state index in [1.807, 2.05) is 40.0 Å². The quantitative estimate of drug-likeness (QED) is 0.315. The van der Waals surface area contributed by atoms with Crippen LogP contribution >= 0.6 is 15.9 Å². The van der Waals surface area contributed by atoms with Gasteiger partial charge in [-0.3, -0.25) is 4.98 Å². The number of aryl methyl sites for hydroxylation is 2. The van der Waals surface area contributed by atoms with Gasteiger partial charge in [-0.15, -0.1) is 0 Å². The van der Waals surface area contributed by atoms with Crippen molar-refractivity contribution in [3.05, 3.63) is 68.2 Å². The molecule has 0 radical (unpaired) electrons. The number of allylic oxidation sites excluding steroid dienone is 1. The van der Waals surface area contributed by atoms with Gasteiger partial charge in [-0.25, -0.2) is 9.18 Å². The minimum atomic E-state index is -0.490. The van der Waals surface area contributed by atoms with Gasteiger partial charge in [0, 0.05) is 21.9 Å². The largest absolute Gasteiger partial charge is 0.465 e. The number of halogens is 2. The Bertz CT molecular complexity index is 875. The van der Waals surface area contributed by atoms with Gasteiger partial charge in [-0.1, -0.05) is 75.0 Å². The summed E-state index contributed by atoms with van der Waals surface area (Å²) in [6, 6.07) is 5.00. The lowest BCUT2D eigenvalue weighted by Gasteiger charge is -2.19. The Labute approximate surface area is 215 Å².